The third-order valence-electron chi connectivity index (χ3n) is 4.33. The Labute approximate surface area is 120 Å². The highest BCUT2D eigenvalue weighted by Crippen LogP contribution is 2.33. The summed E-state index contributed by atoms with van der Waals surface area (Å²) in [6, 6.07) is 6.39. The molecule has 0 spiro atoms. The predicted octanol–water partition coefficient (Wildman–Crippen LogP) is 2.37. The number of ether oxygens (including phenoxy) is 2. The average molecular weight is 277 g/mol. The van der Waals surface area contributed by atoms with Crippen LogP contribution in [0.4, 0.5) is 0 Å². The standard InChI is InChI=1S/C16H23NO3/c1-12-3-2-7-17(12)8-6-14(18)13-4-5-15-16(11-13)20-10-9-19-15/h4-5,11-12,14,18H,2-3,6-10H2,1H3/t12-,14+/m1/s1. The monoisotopic (exact) mass is 277 g/mol. The molecule has 1 N–H and O–H groups in total. The summed E-state index contributed by atoms with van der Waals surface area (Å²) < 4.78 is 11.1. The second-order valence-corrected chi connectivity index (χ2v) is 5.73. The first kappa shape index (κ1) is 13.7. The lowest BCUT2D eigenvalue weighted by Crippen LogP contribution is -2.28. The number of likely N-dealkylation sites (tertiary alicyclic amines) is 1. The maximum Gasteiger partial charge on any atom is 0.161 e. The molecule has 0 aromatic heterocycles. The van der Waals surface area contributed by atoms with Gasteiger partial charge in [0.2, 0.25) is 0 Å². The topological polar surface area (TPSA) is 41.9 Å². The first-order valence-corrected chi connectivity index (χ1v) is 7.56. The van der Waals surface area contributed by atoms with E-state index >= 15 is 0 Å². The number of nitrogens with zero attached hydrogens (tertiary/aromatic N) is 1. The molecular weight excluding hydrogens is 254 g/mol. The summed E-state index contributed by atoms with van der Waals surface area (Å²) in [6.07, 6.45) is 2.89. The number of benzene rings is 1. The van der Waals surface area contributed by atoms with Gasteiger partial charge in [-0.3, -0.25) is 0 Å². The Hall–Kier alpha value is -1.26. The minimum Gasteiger partial charge on any atom is -0.486 e. The van der Waals surface area contributed by atoms with E-state index in [2.05, 4.69) is 11.8 Å². The van der Waals surface area contributed by atoms with Gasteiger partial charge in [0.05, 0.1) is 6.10 Å². The highest BCUT2D eigenvalue weighted by atomic mass is 16.6. The molecule has 4 heteroatoms. The van der Waals surface area contributed by atoms with Crippen LogP contribution in [0.25, 0.3) is 0 Å². The van der Waals surface area contributed by atoms with Crippen molar-refractivity contribution >= 4 is 0 Å². The number of fused-ring (bicyclic) bond motifs is 1. The summed E-state index contributed by atoms with van der Waals surface area (Å²) in [6.45, 7) is 5.56. The van der Waals surface area contributed by atoms with Crippen LogP contribution in [0.15, 0.2) is 18.2 Å². The van der Waals surface area contributed by atoms with E-state index in [1.54, 1.807) is 0 Å². The molecule has 3 rings (SSSR count). The molecule has 1 aromatic carbocycles. The summed E-state index contributed by atoms with van der Waals surface area (Å²) in [7, 11) is 0. The van der Waals surface area contributed by atoms with Gasteiger partial charge in [-0.2, -0.15) is 0 Å². The predicted molar refractivity (Wildman–Crippen MR) is 77.3 cm³/mol. The first-order chi connectivity index (χ1) is 9.74. The normalized spacial score (nSPS) is 23.8. The zero-order valence-electron chi connectivity index (χ0n) is 12.0. The molecule has 0 unspecified atom stereocenters. The number of aliphatic hydroxyl groups is 1. The molecule has 4 nitrogen and oxygen atoms in total. The molecule has 0 saturated carbocycles. The van der Waals surface area contributed by atoms with Crippen LogP contribution in [-0.4, -0.2) is 42.4 Å². The minimum atomic E-state index is -0.432. The third-order valence-corrected chi connectivity index (χ3v) is 4.33. The van der Waals surface area contributed by atoms with Gasteiger partial charge in [-0.15, -0.1) is 0 Å². The second kappa shape index (κ2) is 6.02. The van der Waals surface area contributed by atoms with Gasteiger partial charge in [0.1, 0.15) is 13.2 Å². The molecule has 110 valence electrons. The van der Waals surface area contributed by atoms with E-state index in [0.717, 1.165) is 36.6 Å². The van der Waals surface area contributed by atoms with Crippen LogP contribution >= 0.6 is 0 Å². The molecule has 0 aliphatic carbocycles. The van der Waals surface area contributed by atoms with Crippen molar-refractivity contribution in [2.24, 2.45) is 0 Å². The van der Waals surface area contributed by atoms with Gasteiger partial charge < -0.3 is 19.5 Å². The van der Waals surface area contributed by atoms with Gasteiger partial charge in [0, 0.05) is 12.6 Å². The highest BCUT2D eigenvalue weighted by Gasteiger charge is 2.21. The van der Waals surface area contributed by atoms with Crippen LogP contribution in [0.1, 0.15) is 37.9 Å². The molecule has 20 heavy (non-hydrogen) atoms. The zero-order chi connectivity index (χ0) is 13.9. The Morgan fingerprint density at radius 2 is 2.10 bits per heavy atom. The van der Waals surface area contributed by atoms with Crippen molar-refractivity contribution in [3.05, 3.63) is 23.8 Å². The van der Waals surface area contributed by atoms with E-state index in [0.29, 0.717) is 19.3 Å². The maximum absolute atomic E-state index is 10.3. The fraction of sp³-hybridized carbons (Fsp3) is 0.625. The first-order valence-electron chi connectivity index (χ1n) is 7.56. The third kappa shape index (κ3) is 2.91. The average Bonchev–Trinajstić information content (AvgIpc) is 2.89. The van der Waals surface area contributed by atoms with E-state index in [4.69, 9.17) is 9.47 Å². The Balaban J connectivity index is 1.60. The molecule has 2 atom stereocenters. The van der Waals surface area contributed by atoms with Crippen molar-refractivity contribution in [2.45, 2.75) is 38.3 Å². The second-order valence-electron chi connectivity index (χ2n) is 5.73. The molecule has 2 heterocycles. The van der Waals surface area contributed by atoms with Gasteiger partial charge in [0.15, 0.2) is 11.5 Å². The van der Waals surface area contributed by atoms with Crippen molar-refractivity contribution in [2.75, 3.05) is 26.3 Å². The Morgan fingerprint density at radius 1 is 1.30 bits per heavy atom. The molecule has 2 aliphatic heterocycles. The van der Waals surface area contributed by atoms with Crippen LogP contribution in [0, 0.1) is 0 Å². The molecular formula is C16H23NO3. The molecule has 1 fully saturated rings. The molecule has 2 aliphatic rings. The molecule has 1 saturated heterocycles. The van der Waals surface area contributed by atoms with Gasteiger partial charge in [0.25, 0.3) is 0 Å². The van der Waals surface area contributed by atoms with Gasteiger partial charge in [-0.25, -0.2) is 0 Å². The van der Waals surface area contributed by atoms with Crippen LogP contribution in [0.3, 0.4) is 0 Å². The summed E-state index contributed by atoms with van der Waals surface area (Å²) >= 11 is 0. The quantitative estimate of drug-likeness (QED) is 0.917. The number of aliphatic hydroxyl groups excluding tert-OH is 1. The van der Waals surface area contributed by atoms with E-state index in [1.165, 1.54) is 12.8 Å². The summed E-state index contributed by atoms with van der Waals surface area (Å²) in [5, 5.41) is 10.3. The SMILES string of the molecule is C[C@@H]1CCCN1CC[C@H](O)c1ccc2c(c1)OCCO2. The summed E-state index contributed by atoms with van der Waals surface area (Å²) in [5.41, 5.74) is 0.918. The lowest BCUT2D eigenvalue weighted by molar-refractivity contribution is 0.138. The van der Waals surface area contributed by atoms with Crippen LogP contribution < -0.4 is 9.47 Å². The fourth-order valence-electron chi connectivity index (χ4n) is 3.05. The number of hydrogen-bond acceptors (Lipinski definition) is 4. The Kier molecular flexibility index (Phi) is 4.13. The molecule has 0 bridgehead atoms. The Bertz CT molecular complexity index is 463. The summed E-state index contributed by atoms with van der Waals surface area (Å²) in [4.78, 5) is 2.46. The molecule has 0 radical (unpaired) electrons. The van der Waals surface area contributed by atoms with E-state index in [-0.39, 0.29) is 0 Å². The lowest BCUT2D eigenvalue weighted by Gasteiger charge is -2.23. The van der Waals surface area contributed by atoms with Gasteiger partial charge in [-0.05, 0) is 50.4 Å². The highest BCUT2D eigenvalue weighted by molar-refractivity contribution is 5.44. The fourth-order valence-corrected chi connectivity index (χ4v) is 3.05. The van der Waals surface area contributed by atoms with Gasteiger partial charge >= 0.3 is 0 Å². The van der Waals surface area contributed by atoms with Crippen molar-refractivity contribution in [3.8, 4) is 11.5 Å². The molecule has 0 amide bonds. The van der Waals surface area contributed by atoms with Crippen molar-refractivity contribution in [3.63, 3.8) is 0 Å². The zero-order valence-corrected chi connectivity index (χ0v) is 12.0. The maximum atomic E-state index is 10.3. The van der Waals surface area contributed by atoms with Crippen molar-refractivity contribution < 1.29 is 14.6 Å². The van der Waals surface area contributed by atoms with E-state index in [9.17, 15) is 5.11 Å². The summed E-state index contributed by atoms with van der Waals surface area (Å²) in [5.74, 6) is 1.53. The van der Waals surface area contributed by atoms with E-state index in [1.807, 2.05) is 18.2 Å². The Morgan fingerprint density at radius 3 is 2.85 bits per heavy atom. The molecule has 1 aromatic rings. The largest absolute Gasteiger partial charge is 0.486 e. The number of rotatable bonds is 4. The lowest BCUT2D eigenvalue weighted by atomic mass is 10.1. The van der Waals surface area contributed by atoms with E-state index < -0.39 is 6.10 Å². The van der Waals surface area contributed by atoms with Crippen molar-refractivity contribution in [1.82, 2.24) is 4.90 Å². The smallest absolute Gasteiger partial charge is 0.161 e. The van der Waals surface area contributed by atoms with Crippen LogP contribution in [-0.2, 0) is 0 Å². The van der Waals surface area contributed by atoms with Crippen LogP contribution in [0.5, 0.6) is 11.5 Å². The number of hydrogen-bond donors (Lipinski definition) is 1. The van der Waals surface area contributed by atoms with Gasteiger partial charge in [-0.1, -0.05) is 6.07 Å². The van der Waals surface area contributed by atoms with Crippen molar-refractivity contribution in [1.29, 1.82) is 0 Å². The van der Waals surface area contributed by atoms with Crippen LogP contribution in [0.2, 0.25) is 0 Å². The minimum absolute atomic E-state index is 0.432.